The van der Waals surface area contributed by atoms with Crippen LogP contribution in [-0.2, 0) is 0 Å². The average Bonchev–Trinajstić information content (AvgIpc) is 3.02. The van der Waals surface area contributed by atoms with E-state index >= 15 is 0 Å². The molecule has 0 saturated carbocycles. The fraction of sp³-hybridized carbons (Fsp3) is 0.364. The van der Waals surface area contributed by atoms with E-state index in [2.05, 4.69) is 40.8 Å². The molecule has 1 aromatic heterocycles. The Hall–Kier alpha value is -2.17. The number of aromatic nitrogens is 1. The predicted octanol–water partition coefficient (Wildman–Crippen LogP) is 4.22. The van der Waals surface area contributed by atoms with Gasteiger partial charge in [0.2, 0.25) is 0 Å². The van der Waals surface area contributed by atoms with E-state index in [1.165, 1.54) is 34.2 Å². The maximum absolute atomic E-state index is 13.4. The van der Waals surface area contributed by atoms with Crippen LogP contribution in [0.2, 0.25) is 0 Å². The Bertz CT molecular complexity index is 890. The normalized spacial score (nSPS) is 16.4. The third kappa shape index (κ3) is 3.27. The molecule has 0 amide bonds. The molecule has 0 bridgehead atoms. The molecule has 0 spiro atoms. The number of fused-ring (bicyclic) bond motifs is 1. The van der Waals surface area contributed by atoms with Gasteiger partial charge in [-0.3, -0.25) is 0 Å². The van der Waals surface area contributed by atoms with Crippen LogP contribution in [-0.4, -0.2) is 35.6 Å². The summed E-state index contributed by atoms with van der Waals surface area (Å²) < 4.78 is 15.6. The van der Waals surface area contributed by atoms with E-state index in [0.29, 0.717) is 5.92 Å². The van der Waals surface area contributed by atoms with Gasteiger partial charge in [-0.25, -0.2) is 4.39 Å². The highest BCUT2D eigenvalue weighted by Gasteiger charge is 2.23. The quantitative estimate of drug-likeness (QED) is 0.764. The second-order valence-corrected chi connectivity index (χ2v) is 7.36. The third-order valence-electron chi connectivity index (χ3n) is 5.57. The van der Waals surface area contributed by atoms with E-state index in [1.54, 1.807) is 0 Å². The van der Waals surface area contributed by atoms with Crippen LogP contribution in [0.1, 0.15) is 29.9 Å². The van der Waals surface area contributed by atoms with Crippen molar-refractivity contribution >= 4 is 10.9 Å². The van der Waals surface area contributed by atoms with Crippen molar-refractivity contribution in [2.45, 2.75) is 25.7 Å². The van der Waals surface area contributed by atoms with E-state index in [4.69, 9.17) is 5.73 Å². The number of hydrogen-bond donors (Lipinski definition) is 1. The zero-order chi connectivity index (χ0) is 18.1. The van der Waals surface area contributed by atoms with Crippen LogP contribution in [0.5, 0.6) is 0 Å². The van der Waals surface area contributed by atoms with Gasteiger partial charge in [-0.2, -0.15) is 0 Å². The van der Waals surface area contributed by atoms with Gasteiger partial charge in [0.1, 0.15) is 5.82 Å². The summed E-state index contributed by atoms with van der Waals surface area (Å²) in [6.07, 6.45) is 4.59. The molecule has 0 radical (unpaired) electrons. The first-order valence-electron chi connectivity index (χ1n) is 9.45. The number of rotatable bonds is 4. The van der Waals surface area contributed by atoms with Crippen molar-refractivity contribution in [3.63, 3.8) is 0 Å². The van der Waals surface area contributed by atoms with Crippen molar-refractivity contribution in [3.05, 3.63) is 65.6 Å². The first-order valence-corrected chi connectivity index (χ1v) is 9.45. The maximum Gasteiger partial charge on any atom is 0.123 e. The first-order chi connectivity index (χ1) is 12.7. The van der Waals surface area contributed by atoms with Gasteiger partial charge < -0.3 is 15.2 Å². The lowest BCUT2D eigenvalue weighted by molar-refractivity contribution is 0.218. The number of aryl methyl sites for hydroxylation is 1. The number of nitrogens with zero attached hydrogens (tertiary/aromatic N) is 2. The van der Waals surface area contributed by atoms with Gasteiger partial charge in [0.25, 0.3) is 0 Å². The number of halogens is 1. The van der Waals surface area contributed by atoms with Crippen molar-refractivity contribution in [2.24, 2.45) is 5.73 Å². The zero-order valence-electron chi connectivity index (χ0n) is 15.3. The minimum absolute atomic E-state index is 0.200. The predicted molar refractivity (Wildman–Crippen MR) is 105 cm³/mol. The monoisotopic (exact) mass is 351 g/mol. The van der Waals surface area contributed by atoms with Crippen LogP contribution in [0.4, 0.5) is 4.39 Å². The summed E-state index contributed by atoms with van der Waals surface area (Å²) >= 11 is 0. The summed E-state index contributed by atoms with van der Waals surface area (Å²) in [5.41, 5.74) is 10.6. The van der Waals surface area contributed by atoms with Gasteiger partial charge in [-0.1, -0.05) is 12.1 Å². The summed E-state index contributed by atoms with van der Waals surface area (Å²) in [6, 6.07) is 13.4. The van der Waals surface area contributed by atoms with Crippen molar-refractivity contribution in [1.29, 1.82) is 0 Å². The molecule has 2 N–H and O–H groups in total. The number of hydrogen-bond acceptors (Lipinski definition) is 2. The molecular weight excluding hydrogens is 325 g/mol. The lowest BCUT2D eigenvalue weighted by atomic mass is 9.89. The molecule has 3 aromatic rings. The summed E-state index contributed by atoms with van der Waals surface area (Å²) in [7, 11) is 0. The van der Waals surface area contributed by atoms with Gasteiger partial charge in [-0.15, -0.1) is 0 Å². The summed E-state index contributed by atoms with van der Waals surface area (Å²) in [6.45, 7) is 6.05. The molecule has 2 aromatic carbocycles. The van der Waals surface area contributed by atoms with Crippen LogP contribution in [0.25, 0.3) is 16.6 Å². The van der Waals surface area contributed by atoms with Crippen LogP contribution >= 0.6 is 0 Å². The molecule has 0 aliphatic carbocycles. The molecule has 2 heterocycles. The van der Waals surface area contributed by atoms with Crippen molar-refractivity contribution in [3.8, 4) is 5.69 Å². The van der Waals surface area contributed by atoms with Crippen LogP contribution in [0.15, 0.2) is 48.7 Å². The highest BCUT2D eigenvalue weighted by molar-refractivity contribution is 5.86. The first kappa shape index (κ1) is 17.3. The van der Waals surface area contributed by atoms with E-state index in [0.717, 1.165) is 44.7 Å². The molecule has 1 aliphatic heterocycles. The fourth-order valence-corrected chi connectivity index (χ4v) is 4.15. The second-order valence-electron chi connectivity index (χ2n) is 7.36. The van der Waals surface area contributed by atoms with Crippen LogP contribution < -0.4 is 5.73 Å². The molecule has 0 atom stereocenters. The van der Waals surface area contributed by atoms with Crippen LogP contribution in [0, 0.1) is 12.7 Å². The molecule has 1 saturated heterocycles. The molecule has 3 nitrogen and oxygen atoms in total. The molecule has 0 unspecified atom stereocenters. The maximum atomic E-state index is 13.4. The van der Waals surface area contributed by atoms with Crippen molar-refractivity contribution in [2.75, 3.05) is 26.2 Å². The van der Waals surface area contributed by atoms with E-state index in [1.807, 2.05) is 12.1 Å². The molecule has 26 heavy (non-hydrogen) atoms. The molecular formula is C22H26FN3. The van der Waals surface area contributed by atoms with Gasteiger partial charge in [-0.05, 0) is 80.2 Å². The number of likely N-dealkylation sites (tertiary alicyclic amines) is 1. The number of benzene rings is 2. The molecule has 4 heteroatoms. The Balaban J connectivity index is 1.73. The lowest BCUT2D eigenvalue weighted by Crippen LogP contribution is -2.36. The average molecular weight is 351 g/mol. The highest BCUT2D eigenvalue weighted by atomic mass is 19.1. The van der Waals surface area contributed by atoms with E-state index in [-0.39, 0.29) is 5.82 Å². The Morgan fingerprint density at radius 1 is 1.08 bits per heavy atom. The van der Waals surface area contributed by atoms with Crippen molar-refractivity contribution in [1.82, 2.24) is 9.47 Å². The summed E-state index contributed by atoms with van der Waals surface area (Å²) in [5.74, 6) is 0.366. The Morgan fingerprint density at radius 3 is 2.50 bits per heavy atom. The fourth-order valence-electron chi connectivity index (χ4n) is 4.15. The van der Waals surface area contributed by atoms with Gasteiger partial charge in [0.05, 0.1) is 5.52 Å². The minimum atomic E-state index is -0.200. The van der Waals surface area contributed by atoms with Gasteiger partial charge >= 0.3 is 0 Å². The van der Waals surface area contributed by atoms with Crippen LogP contribution in [0.3, 0.4) is 0 Å². The van der Waals surface area contributed by atoms with Crippen molar-refractivity contribution < 1.29 is 4.39 Å². The SMILES string of the molecule is Cc1ccc2c(C3CCN(CCN)CC3)cn(-c3ccc(F)cc3)c2c1. The minimum Gasteiger partial charge on any atom is -0.329 e. The summed E-state index contributed by atoms with van der Waals surface area (Å²) in [4.78, 5) is 2.46. The molecule has 4 rings (SSSR count). The molecule has 136 valence electrons. The van der Waals surface area contributed by atoms with E-state index < -0.39 is 0 Å². The Morgan fingerprint density at radius 2 is 1.81 bits per heavy atom. The topological polar surface area (TPSA) is 34.2 Å². The van der Waals surface area contributed by atoms with Gasteiger partial charge in [0.15, 0.2) is 0 Å². The Labute approximate surface area is 154 Å². The zero-order valence-corrected chi connectivity index (χ0v) is 15.3. The molecule has 1 fully saturated rings. The third-order valence-corrected chi connectivity index (χ3v) is 5.57. The standard InChI is InChI=1S/C22H26FN3/c1-16-2-7-20-21(17-8-11-25(12-9-17)13-10-24)15-26(22(20)14-16)19-5-3-18(23)4-6-19/h2-7,14-15,17H,8-13,24H2,1H3. The van der Waals surface area contributed by atoms with Gasteiger partial charge in [0, 0.05) is 30.4 Å². The lowest BCUT2D eigenvalue weighted by Gasteiger charge is -2.31. The largest absolute Gasteiger partial charge is 0.329 e. The number of piperidine rings is 1. The molecule has 1 aliphatic rings. The highest BCUT2D eigenvalue weighted by Crippen LogP contribution is 2.36. The second kappa shape index (κ2) is 7.22. The number of nitrogens with two attached hydrogens (primary N) is 1. The summed E-state index contributed by atoms with van der Waals surface area (Å²) in [5, 5.41) is 1.32. The smallest absolute Gasteiger partial charge is 0.123 e. The van der Waals surface area contributed by atoms with E-state index in [9.17, 15) is 4.39 Å². The Kier molecular flexibility index (Phi) is 4.79.